The molecule has 6 heteroatoms. The second-order valence-electron chi connectivity index (χ2n) is 13.0. The Bertz CT molecular complexity index is 1070. The number of nitrogens with zero attached hydrogens (tertiary/aromatic N) is 3. The zero-order chi connectivity index (χ0) is 30.6. The smallest absolute Gasteiger partial charge is 0.657 e. The summed E-state index contributed by atoms with van der Waals surface area (Å²) in [4.78, 5) is 5.94. The number of pyridine rings is 1. The Labute approximate surface area is 266 Å². The molecule has 1 aromatic heterocycles. The van der Waals surface area contributed by atoms with Crippen LogP contribution in [0.2, 0.25) is 19.6 Å². The molecule has 0 saturated carbocycles. The van der Waals surface area contributed by atoms with Crippen LogP contribution in [0, 0.1) is 6.55 Å². The number of anilines is 1. The summed E-state index contributed by atoms with van der Waals surface area (Å²) in [7, 11) is 2.99. The van der Waals surface area contributed by atoms with Crippen LogP contribution in [-0.4, -0.2) is 38.5 Å². The molecule has 228 valence electrons. The van der Waals surface area contributed by atoms with Gasteiger partial charge in [-0.05, 0) is 52.0 Å². The van der Waals surface area contributed by atoms with Gasteiger partial charge < -0.3 is 16.8 Å². The molecule has 0 amide bonds. The van der Waals surface area contributed by atoms with Crippen LogP contribution in [0.15, 0.2) is 72.5 Å². The molecule has 0 spiro atoms. The number of benzene rings is 1. The summed E-state index contributed by atoms with van der Waals surface area (Å²) in [6.07, 6.45) is 10.1. The predicted molar refractivity (Wildman–Crippen MR) is 188 cm³/mol. The van der Waals surface area contributed by atoms with Crippen LogP contribution in [0.5, 0.6) is 0 Å². The maximum Gasteiger partial charge on any atom is 2.00 e. The molecule has 0 atom stereocenters. The molecule has 3 nitrogen and oxygen atoms in total. The van der Waals surface area contributed by atoms with E-state index in [9.17, 15) is 0 Å². The van der Waals surface area contributed by atoms with Crippen molar-refractivity contribution in [3.63, 3.8) is 0 Å². The molecule has 0 radical (unpaired) electrons. The zero-order valence-corrected chi connectivity index (χ0v) is 31.0. The van der Waals surface area contributed by atoms with Gasteiger partial charge in [0.2, 0.25) is 0 Å². The van der Waals surface area contributed by atoms with Gasteiger partial charge in [0.05, 0.1) is 0 Å². The quantitative estimate of drug-likeness (QED) is 0.173. The van der Waals surface area contributed by atoms with Crippen molar-refractivity contribution < 1.29 is 17.1 Å². The summed E-state index contributed by atoms with van der Waals surface area (Å²) in [5.41, 5.74) is 8.94. The number of hydrogen-bond donors (Lipinski definition) is 0. The SMILES string of the molecule is CC(C)c1cccc(C(C)C)c1C1=CC=C/C(=C/P(C(C)C)C(C)C)[N-]1.CN(C)c1ccncc1.[CH2-][Si](C)(C)C.[Fe+2]. The van der Waals surface area contributed by atoms with Crippen LogP contribution in [0.3, 0.4) is 0 Å². The van der Waals surface area contributed by atoms with Gasteiger partial charge in [-0.1, -0.05) is 125 Å². The fourth-order valence-electron chi connectivity index (χ4n) is 4.20. The topological polar surface area (TPSA) is 30.2 Å². The molecule has 0 N–H and O–H groups in total. The molecule has 2 aromatic rings. The van der Waals surface area contributed by atoms with E-state index in [0.717, 1.165) is 11.4 Å². The standard InChI is InChI=1S/C24H35NP.C7H10N2.C4H11Si.Fe/c1-16(2)21-12-10-13-22(17(3)4)24(21)23-14-9-11-20(25-23)15-26(18(5)6)19(7)8;1-9(2)7-3-5-8-6-4-7;1-5(2,3)4;/h9-19H,1-8H3;3-6H,1-2H3;1H2,2-4H3;/q-1;;-1;+2/b20-15-;;;. The number of allylic oxidation sites excluding steroid dienone is 3. The largest absolute Gasteiger partial charge is 2.00 e. The molecule has 0 fully saturated rings. The molecule has 0 unspecified atom stereocenters. The summed E-state index contributed by atoms with van der Waals surface area (Å²) in [6, 6.07) is 10.7. The monoisotopic (exact) mass is 633 g/mol. The van der Waals surface area contributed by atoms with Crippen molar-refractivity contribution in [1.29, 1.82) is 0 Å². The maximum absolute atomic E-state index is 5.09. The Kier molecular flexibility index (Phi) is 18.0. The van der Waals surface area contributed by atoms with Crippen LogP contribution in [0.25, 0.3) is 11.0 Å². The third-order valence-corrected chi connectivity index (χ3v) is 9.00. The molecule has 0 saturated heterocycles. The van der Waals surface area contributed by atoms with Crippen molar-refractivity contribution in [2.24, 2.45) is 0 Å². The van der Waals surface area contributed by atoms with Gasteiger partial charge in [0.15, 0.2) is 0 Å². The van der Waals surface area contributed by atoms with Crippen molar-refractivity contribution in [3.05, 3.63) is 101 Å². The van der Waals surface area contributed by atoms with Crippen molar-refractivity contribution in [2.45, 2.75) is 98.2 Å². The van der Waals surface area contributed by atoms with Crippen LogP contribution < -0.4 is 4.90 Å². The first-order valence-electron chi connectivity index (χ1n) is 14.7. The molecular weight excluding hydrogens is 577 g/mol. The molecule has 2 heterocycles. The Balaban J connectivity index is 0.000000877. The van der Waals surface area contributed by atoms with Gasteiger partial charge in [0, 0.05) is 32.2 Å². The first-order chi connectivity index (χ1) is 18.5. The van der Waals surface area contributed by atoms with E-state index in [1.165, 1.54) is 22.4 Å². The average Bonchev–Trinajstić information content (AvgIpc) is 2.86. The fourth-order valence-corrected chi connectivity index (χ4v) is 6.44. The Morgan fingerprint density at radius 2 is 1.32 bits per heavy atom. The number of aromatic nitrogens is 1. The summed E-state index contributed by atoms with van der Waals surface area (Å²) in [5.74, 6) is 3.41. The minimum absolute atomic E-state index is 0. The van der Waals surface area contributed by atoms with E-state index in [1.807, 2.05) is 31.1 Å². The number of rotatable bonds is 7. The molecule has 1 aliphatic rings. The van der Waals surface area contributed by atoms with Gasteiger partial charge >= 0.3 is 17.1 Å². The van der Waals surface area contributed by atoms with E-state index in [4.69, 9.17) is 5.32 Å². The van der Waals surface area contributed by atoms with Gasteiger partial charge in [-0.15, -0.1) is 19.5 Å². The van der Waals surface area contributed by atoms with E-state index >= 15 is 0 Å². The van der Waals surface area contributed by atoms with Crippen molar-refractivity contribution >= 4 is 27.4 Å². The summed E-state index contributed by atoms with van der Waals surface area (Å²) in [5, 5.41) is 5.09. The molecule has 41 heavy (non-hydrogen) atoms. The number of hydrogen-bond acceptors (Lipinski definition) is 2. The van der Waals surface area contributed by atoms with Gasteiger partial charge in [-0.3, -0.25) is 4.98 Å². The van der Waals surface area contributed by atoms with Gasteiger partial charge in [-0.25, -0.2) is 0 Å². The maximum atomic E-state index is 5.09. The predicted octanol–water partition coefficient (Wildman–Crippen LogP) is 11.2. The van der Waals surface area contributed by atoms with Crippen molar-refractivity contribution in [3.8, 4) is 0 Å². The Hall–Kier alpha value is -1.64. The Morgan fingerprint density at radius 1 is 0.854 bits per heavy atom. The van der Waals surface area contributed by atoms with Crippen molar-refractivity contribution in [2.75, 3.05) is 19.0 Å². The van der Waals surface area contributed by atoms with E-state index in [1.54, 1.807) is 12.4 Å². The van der Waals surface area contributed by atoms with Gasteiger partial charge in [0.25, 0.3) is 0 Å². The van der Waals surface area contributed by atoms with Crippen molar-refractivity contribution in [1.82, 2.24) is 4.98 Å². The summed E-state index contributed by atoms with van der Waals surface area (Å²) >= 11 is 0. The van der Waals surface area contributed by atoms with E-state index in [-0.39, 0.29) is 25.0 Å². The van der Waals surface area contributed by atoms with Gasteiger partial charge in [-0.2, -0.15) is 0 Å². The first kappa shape index (κ1) is 39.4. The molecule has 1 aliphatic heterocycles. The van der Waals surface area contributed by atoms with E-state index < -0.39 is 8.07 Å². The molecule has 3 rings (SSSR count). The Morgan fingerprint density at radius 3 is 1.68 bits per heavy atom. The minimum atomic E-state index is -0.861. The third kappa shape index (κ3) is 14.9. The van der Waals surface area contributed by atoms with Crippen LogP contribution >= 0.6 is 7.92 Å². The first-order valence-corrected chi connectivity index (χ1v) is 19.9. The summed E-state index contributed by atoms with van der Waals surface area (Å²) < 4.78 is 0. The van der Waals surface area contributed by atoms with Gasteiger partial charge in [0.1, 0.15) is 0 Å². The third-order valence-electron chi connectivity index (χ3n) is 6.05. The van der Waals surface area contributed by atoms with Crippen LogP contribution in [0.1, 0.15) is 83.9 Å². The molecular formula is C35H56FeN3PSi. The second kappa shape index (κ2) is 18.8. The second-order valence-corrected chi connectivity index (χ2v) is 21.3. The van der Waals surface area contributed by atoms with E-state index in [2.05, 4.69) is 129 Å². The van der Waals surface area contributed by atoms with E-state index in [0.29, 0.717) is 23.2 Å². The average molecular weight is 634 g/mol. The minimum Gasteiger partial charge on any atom is -0.657 e. The van der Waals surface area contributed by atoms with Crippen LogP contribution in [0.4, 0.5) is 5.69 Å². The van der Waals surface area contributed by atoms with Crippen LogP contribution in [-0.2, 0) is 17.1 Å². The summed E-state index contributed by atoms with van der Waals surface area (Å²) in [6.45, 7) is 29.0. The molecule has 0 bridgehead atoms. The zero-order valence-electron chi connectivity index (χ0n) is 28.0. The normalized spacial score (nSPS) is 13.8. The molecule has 0 aliphatic carbocycles. The fraction of sp³-hybridized carbons (Fsp3) is 0.486. The molecule has 1 aromatic carbocycles.